The first kappa shape index (κ1) is 11.5. The first-order valence-electron chi connectivity index (χ1n) is 4.75. The lowest BCUT2D eigenvalue weighted by molar-refractivity contribution is 0.0879. The summed E-state index contributed by atoms with van der Waals surface area (Å²) in [5.41, 5.74) is 0. The predicted molar refractivity (Wildman–Crippen MR) is 67.4 cm³/mol. The quantitative estimate of drug-likeness (QED) is 0.764. The molecule has 0 aliphatic carbocycles. The van der Waals surface area contributed by atoms with E-state index in [0.717, 1.165) is 18.1 Å². The fourth-order valence-electron chi connectivity index (χ4n) is 1.58. The van der Waals surface area contributed by atoms with Gasteiger partial charge in [0.05, 0.1) is 15.9 Å². The third kappa shape index (κ3) is 2.38. The highest BCUT2D eigenvalue weighted by Crippen LogP contribution is 2.26. The molecule has 1 fully saturated rings. The van der Waals surface area contributed by atoms with Gasteiger partial charge in [-0.15, -0.1) is 11.3 Å². The Morgan fingerprint density at radius 1 is 1.67 bits per heavy atom. The fraction of sp³-hybridized carbons (Fsp3) is 0.500. The molecule has 0 amide bonds. The number of halogens is 1. The average Bonchev–Trinajstić information content (AvgIpc) is 2.64. The Bertz CT molecular complexity index is 366. The van der Waals surface area contributed by atoms with Crippen LogP contribution in [0.2, 0.25) is 5.02 Å². The first-order chi connectivity index (χ1) is 7.20. The summed E-state index contributed by atoms with van der Waals surface area (Å²) >= 11 is 9.24. The maximum absolute atomic E-state index is 12.2. The minimum Gasteiger partial charge on any atom is -0.295 e. The van der Waals surface area contributed by atoms with Crippen molar-refractivity contribution < 1.29 is 4.79 Å². The van der Waals surface area contributed by atoms with Gasteiger partial charge in [0, 0.05) is 18.1 Å². The summed E-state index contributed by atoms with van der Waals surface area (Å²) in [5, 5.41) is 2.46. The lowest BCUT2D eigenvalue weighted by Gasteiger charge is -2.30. The highest BCUT2D eigenvalue weighted by atomic mass is 35.5. The van der Waals surface area contributed by atoms with Gasteiger partial charge in [-0.1, -0.05) is 11.6 Å². The minimum absolute atomic E-state index is 0.0000926. The summed E-state index contributed by atoms with van der Waals surface area (Å²) in [7, 11) is 2.00. The van der Waals surface area contributed by atoms with E-state index in [2.05, 4.69) is 4.90 Å². The summed E-state index contributed by atoms with van der Waals surface area (Å²) in [4.78, 5) is 15.0. The van der Waals surface area contributed by atoms with Crippen molar-refractivity contribution in [1.29, 1.82) is 0 Å². The van der Waals surface area contributed by atoms with E-state index >= 15 is 0 Å². The zero-order valence-electron chi connectivity index (χ0n) is 8.40. The van der Waals surface area contributed by atoms with E-state index in [4.69, 9.17) is 11.6 Å². The number of hydrogen-bond acceptors (Lipinski definition) is 4. The normalized spacial score (nSPS) is 22.9. The van der Waals surface area contributed by atoms with Crippen LogP contribution in [0, 0.1) is 0 Å². The Morgan fingerprint density at radius 3 is 3.07 bits per heavy atom. The van der Waals surface area contributed by atoms with E-state index < -0.39 is 0 Å². The number of hydrogen-bond donors (Lipinski definition) is 0. The van der Waals surface area contributed by atoms with E-state index in [0.29, 0.717) is 9.90 Å². The van der Waals surface area contributed by atoms with E-state index in [1.54, 1.807) is 6.07 Å². The highest BCUT2D eigenvalue weighted by Gasteiger charge is 2.28. The van der Waals surface area contributed by atoms with Gasteiger partial charge in [-0.2, -0.15) is 11.8 Å². The van der Waals surface area contributed by atoms with E-state index in [-0.39, 0.29) is 11.8 Å². The second-order valence-corrected chi connectivity index (χ2v) is 6.01. The molecular weight excluding hydrogens is 250 g/mol. The van der Waals surface area contributed by atoms with Crippen molar-refractivity contribution in [1.82, 2.24) is 4.90 Å². The van der Waals surface area contributed by atoms with Gasteiger partial charge in [-0.25, -0.2) is 0 Å². The van der Waals surface area contributed by atoms with Gasteiger partial charge in [-0.05, 0) is 18.5 Å². The molecule has 2 heterocycles. The van der Waals surface area contributed by atoms with Crippen LogP contribution in [-0.4, -0.2) is 41.8 Å². The summed E-state index contributed by atoms with van der Waals surface area (Å²) in [6.07, 6.45) is 0. The van der Waals surface area contributed by atoms with E-state index in [9.17, 15) is 4.79 Å². The van der Waals surface area contributed by atoms with E-state index in [1.165, 1.54) is 11.3 Å². The summed E-state index contributed by atoms with van der Waals surface area (Å²) < 4.78 is 0. The second kappa shape index (κ2) is 4.87. The molecule has 2 nitrogen and oxygen atoms in total. The van der Waals surface area contributed by atoms with Gasteiger partial charge in [0.1, 0.15) is 0 Å². The molecule has 0 bridgehead atoms. The summed E-state index contributed by atoms with van der Waals surface area (Å²) in [6, 6.07) is 1.79. The maximum atomic E-state index is 12.2. The van der Waals surface area contributed by atoms with Crippen LogP contribution in [0.15, 0.2) is 11.4 Å². The molecule has 1 aliphatic heterocycles. The fourth-order valence-corrected chi connectivity index (χ4v) is 3.93. The number of thiophene rings is 1. The molecule has 82 valence electrons. The van der Waals surface area contributed by atoms with Gasteiger partial charge in [0.2, 0.25) is 0 Å². The van der Waals surface area contributed by atoms with Crippen LogP contribution in [0.4, 0.5) is 0 Å². The number of carbonyl (C=O) groups is 1. The minimum atomic E-state index is -0.0000926. The molecule has 0 saturated carbocycles. The van der Waals surface area contributed by atoms with Gasteiger partial charge in [0.15, 0.2) is 5.78 Å². The molecule has 1 aromatic heterocycles. The Kier molecular flexibility index (Phi) is 3.72. The van der Waals surface area contributed by atoms with Crippen molar-refractivity contribution in [3.63, 3.8) is 0 Å². The van der Waals surface area contributed by atoms with Crippen molar-refractivity contribution in [3.8, 4) is 0 Å². The van der Waals surface area contributed by atoms with Crippen LogP contribution in [0.25, 0.3) is 0 Å². The Balaban J connectivity index is 2.17. The smallest absolute Gasteiger partial charge is 0.192 e. The molecule has 0 radical (unpaired) electrons. The highest BCUT2D eigenvalue weighted by molar-refractivity contribution is 7.99. The predicted octanol–water partition coefficient (Wildman–Crippen LogP) is 2.63. The van der Waals surface area contributed by atoms with Crippen LogP contribution in [0.5, 0.6) is 0 Å². The number of Topliss-reactive ketones (excluding diaryl/α,β-unsaturated/α-hetero) is 1. The molecular formula is C10H12ClNOS2. The third-order valence-corrected chi connectivity index (χ3v) is 4.92. The SMILES string of the molecule is CN1CCSCC1C(=O)c1sccc1Cl. The summed E-state index contributed by atoms with van der Waals surface area (Å²) in [6.45, 7) is 0.976. The molecule has 0 aromatic carbocycles. The standard InChI is InChI=1S/C10H12ClNOS2/c1-12-3-5-14-6-8(12)9(13)10-7(11)2-4-15-10/h2,4,8H,3,5-6H2,1H3. The Labute approximate surface area is 103 Å². The Morgan fingerprint density at radius 2 is 2.47 bits per heavy atom. The van der Waals surface area contributed by atoms with Crippen molar-refractivity contribution in [2.45, 2.75) is 6.04 Å². The molecule has 2 rings (SSSR count). The number of rotatable bonds is 2. The zero-order valence-corrected chi connectivity index (χ0v) is 10.8. The van der Waals surface area contributed by atoms with Crippen LogP contribution in [-0.2, 0) is 0 Å². The lowest BCUT2D eigenvalue weighted by atomic mass is 10.1. The molecule has 5 heteroatoms. The molecule has 0 spiro atoms. The average molecular weight is 262 g/mol. The van der Waals surface area contributed by atoms with Gasteiger partial charge in [0.25, 0.3) is 0 Å². The Hall–Kier alpha value is -0.0300. The van der Waals surface area contributed by atoms with Crippen LogP contribution in [0.1, 0.15) is 9.67 Å². The molecule has 1 saturated heterocycles. The molecule has 1 aliphatic rings. The largest absolute Gasteiger partial charge is 0.295 e. The topological polar surface area (TPSA) is 20.3 Å². The molecule has 1 atom stereocenters. The number of carbonyl (C=O) groups excluding carboxylic acids is 1. The van der Waals surface area contributed by atoms with Crippen molar-refractivity contribution in [2.24, 2.45) is 0 Å². The lowest BCUT2D eigenvalue weighted by Crippen LogP contribution is -2.44. The first-order valence-corrected chi connectivity index (χ1v) is 7.16. The van der Waals surface area contributed by atoms with Crippen molar-refractivity contribution >= 4 is 40.5 Å². The number of nitrogens with zero attached hydrogens (tertiary/aromatic N) is 1. The molecule has 0 N–H and O–H groups in total. The number of thioether (sulfide) groups is 1. The molecule has 1 aromatic rings. The van der Waals surface area contributed by atoms with Crippen LogP contribution < -0.4 is 0 Å². The van der Waals surface area contributed by atoms with E-state index in [1.807, 2.05) is 24.2 Å². The van der Waals surface area contributed by atoms with Gasteiger partial charge < -0.3 is 0 Å². The maximum Gasteiger partial charge on any atom is 0.192 e. The number of ketones is 1. The third-order valence-electron chi connectivity index (χ3n) is 2.54. The molecule has 1 unspecified atom stereocenters. The second-order valence-electron chi connectivity index (χ2n) is 3.53. The number of likely N-dealkylation sites (N-methyl/N-ethyl adjacent to an activating group) is 1. The van der Waals surface area contributed by atoms with Crippen molar-refractivity contribution in [3.05, 3.63) is 21.3 Å². The van der Waals surface area contributed by atoms with Gasteiger partial charge in [-0.3, -0.25) is 9.69 Å². The monoisotopic (exact) mass is 261 g/mol. The molecule has 15 heavy (non-hydrogen) atoms. The van der Waals surface area contributed by atoms with Crippen molar-refractivity contribution in [2.75, 3.05) is 25.1 Å². The zero-order chi connectivity index (χ0) is 10.8. The van der Waals surface area contributed by atoms with Crippen LogP contribution >= 0.6 is 34.7 Å². The van der Waals surface area contributed by atoms with Gasteiger partial charge >= 0.3 is 0 Å². The van der Waals surface area contributed by atoms with Crippen LogP contribution in [0.3, 0.4) is 0 Å². The summed E-state index contributed by atoms with van der Waals surface area (Å²) in [5.74, 6) is 2.16.